The third-order valence-electron chi connectivity index (χ3n) is 0. The van der Waals surface area contributed by atoms with Crippen LogP contribution in [0.1, 0.15) is 20.8 Å². The zero-order chi connectivity index (χ0) is 8.12. The number of rotatable bonds is 0. The molecule has 0 bridgehead atoms. The van der Waals surface area contributed by atoms with Gasteiger partial charge in [0.25, 0.3) is 0 Å². The van der Waals surface area contributed by atoms with Crippen molar-refractivity contribution < 1.29 is 15.3 Å². The average Bonchev–Trinajstić information content (AvgIpc) is 1.70. The summed E-state index contributed by atoms with van der Waals surface area (Å²) in [6, 6.07) is 0. The fourth-order valence-electron chi connectivity index (χ4n) is 0. The van der Waals surface area contributed by atoms with Crippen LogP contribution in [0.3, 0.4) is 0 Å². The Bertz CT molecular complexity index is 17.7. The van der Waals surface area contributed by atoms with Gasteiger partial charge in [-0.2, -0.15) is 0 Å². The average molecular weight is 343 g/mol. The van der Waals surface area contributed by atoms with Crippen molar-refractivity contribution in [3.8, 4) is 0 Å². The minimum atomic E-state index is 0. The molecule has 0 atom stereocenters. The van der Waals surface area contributed by atoms with E-state index in [2.05, 4.69) is 0 Å². The molecule has 1 radical (unpaired) electrons. The smallest absolute Gasteiger partial charge is 0.0402 e. The van der Waals surface area contributed by atoms with E-state index in [1.165, 1.54) is 0 Å². The summed E-state index contributed by atoms with van der Waals surface area (Å²) in [5, 5.41) is 22.7. The second-order valence-electron chi connectivity index (χ2n) is 0.949. The molecule has 3 N–H and O–H groups in total. The first-order valence-corrected chi connectivity index (χ1v) is 3.07. The van der Waals surface area contributed by atoms with Crippen molar-refractivity contribution in [2.45, 2.75) is 20.8 Å². The summed E-state index contributed by atoms with van der Waals surface area (Å²) in [4.78, 5) is 0. The van der Waals surface area contributed by atoms with Crippen molar-refractivity contribution in [2.75, 3.05) is 19.8 Å². The molecule has 0 saturated carbocycles. The van der Waals surface area contributed by atoms with Crippen molar-refractivity contribution in [3.63, 3.8) is 0 Å². The van der Waals surface area contributed by atoms with Gasteiger partial charge in [-0.05, 0) is 20.8 Å². The molecule has 0 saturated heterocycles. The summed E-state index contributed by atoms with van der Waals surface area (Å²) < 4.78 is 0. The Morgan fingerprint density at radius 2 is 0.700 bits per heavy atom. The minimum Gasteiger partial charge on any atom is -0.397 e. The van der Waals surface area contributed by atoms with E-state index in [0.717, 1.165) is 0 Å². The van der Waals surface area contributed by atoms with Gasteiger partial charge in [-0.1, -0.05) is 0 Å². The Morgan fingerprint density at radius 3 is 0.700 bits per heavy atom. The number of hydrogen-bond acceptors (Lipinski definition) is 3. The van der Waals surface area contributed by atoms with Crippen LogP contribution >= 0.6 is 0 Å². The molecule has 0 aromatic rings. The number of aliphatic hydroxyl groups excluding tert-OH is 3. The van der Waals surface area contributed by atoms with Gasteiger partial charge in [0.1, 0.15) is 0 Å². The van der Waals surface area contributed by atoms with E-state index in [1.807, 2.05) is 0 Å². The van der Waals surface area contributed by atoms with Gasteiger partial charge in [0.15, 0.2) is 0 Å². The Balaban J connectivity index is -0.0000000257. The molecule has 0 unspecified atom stereocenters. The van der Waals surface area contributed by atoms with Crippen LogP contribution in [0.15, 0.2) is 0 Å². The van der Waals surface area contributed by atoms with Crippen molar-refractivity contribution in [3.05, 3.63) is 0 Å². The molecule has 63 valence electrons. The molecule has 0 aliphatic heterocycles. The van der Waals surface area contributed by atoms with Gasteiger partial charge in [0, 0.05) is 47.1 Å². The van der Waals surface area contributed by atoms with Gasteiger partial charge in [-0.25, -0.2) is 0 Å². The van der Waals surface area contributed by atoms with Crippen molar-refractivity contribution in [1.82, 2.24) is 0 Å². The fraction of sp³-hybridized carbons (Fsp3) is 1.00. The largest absolute Gasteiger partial charge is 0.397 e. The van der Waals surface area contributed by atoms with Crippen molar-refractivity contribution >= 4 is 27.3 Å². The van der Waals surface area contributed by atoms with Gasteiger partial charge < -0.3 is 15.3 Å². The Hall–Kier alpha value is 0.802. The maximum Gasteiger partial charge on any atom is 0.0402 e. The van der Waals surface area contributed by atoms with Crippen LogP contribution in [0, 0.1) is 0 Å². The summed E-state index contributed by atoms with van der Waals surface area (Å²) in [6.45, 7) is 5.79. The maximum atomic E-state index is 7.57. The molecular weight excluding hydrogens is 324 g/mol. The Morgan fingerprint density at radius 1 is 0.700 bits per heavy atom. The molecule has 0 aliphatic rings. The van der Waals surface area contributed by atoms with Crippen LogP contribution in [0.2, 0.25) is 0 Å². The molecule has 0 aliphatic carbocycles. The van der Waals surface area contributed by atoms with Crippen molar-refractivity contribution in [1.29, 1.82) is 0 Å². The van der Waals surface area contributed by atoms with Crippen LogP contribution in [0.25, 0.3) is 0 Å². The van der Waals surface area contributed by atoms with Gasteiger partial charge in [0.2, 0.25) is 0 Å². The molecule has 0 heterocycles. The molecule has 0 aromatic carbocycles. The molecule has 3 nitrogen and oxygen atoms in total. The molecular formula is C6H18O3Tl. The van der Waals surface area contributed by atoms with E-state index in [4.69, 9.17) is 15.3 Å². The van der Waals surface area contributed by atoms with E-state index in [-0.39, 0.29) is 47.1 Å². The summed E-state index contributed by atoms with van der Waals surface area (Å²) in [6.07, 6.45) is 0. The first-order valence-electron chi connectivity index (χ1n) is 3.07. The SMILES string of the molecule is CCO.CCO.CCO.[Tl]. The van der Waals surface area contributed by atoms with E-state index in [9.17, 15) is 0 Å². The van der Waals surface area contributed by atoms with Crippen LogP contribution in [0.4, 0.5) is 0 Å². The fourth-order valence-corrected chi connectivity index (χ4v) is 0. The molecule has 4 heteroatoms. The molecule has 0 fully saturated rings. The zero-order valence-corrected chi connectivity index (χ0v) is 11.5. The predicted molar refractivity (Wildman–Crippen MR) is 44.0 cm³/mol. The first kappa shape index (κ1) is 22.4. The second-order valence-corrected chi connectivity index (χ2v) is 0.949. The summed E-state index contributed by atoms with van der Waals surface area (Å²) >= 11 is 0. The maximum absolute atomic E-state index is 7.57. The first-order chi connectivity index (χ1) is 4.24. The van der Waals surface area contributed by atoms with Gasteiger partial charge in [-0.3, -0.25) is 0 Å². The molecule has 0 rings (SSSR count). The van der Waals surface area contributed by atoms with E-state index >= 15 is 0 Å². The van der Waals surface area contributed by atoms with Crippen LogP contribution in [-0.2, 0) is 0 Å². The Kier molecular flexibility index (Phi) is 118. The summed E-state index contributed by atoms with van der Waals surface area (Å²) in [7, 11) is 0. The monoisotopic (exact) mass is 343 g/mol. The molecule has 0 spiro atoms. The topological polar surface area (TPSA) is 60.7 Å². The van der Waals surface area contributed by atoms with E-state index in [1.54, 1.807) is 20.8 Å². The zero-order valence-electron chi connectivity index (χ0n) is 7.04. The minimum absolute atomic E-state index is 0. The quantitative estimate of drug-likeness (QED) is 0.526. The number of hydrogen-bond donors (Lipinski definition) is 3. The predicted octanol–water partition coefficient (Wildman–Crippen LogP) is -0.385. The molecule has 10 heavy (non-hydrogen) atoms. The third kappa shape index (κ3) is 833. The summed E-state index contributed by atoms with van der Waals surface area (Å²) in [5.41, 5.74) is 0. The van der Waals surface area contributed by atoms with Crippen LogP contribution in [0.5, 0.6) is 0 Å². The molecule has 0 aromatic heterocycles. The van der Waals surface area contributed by atoms with Crippen LogP contribution < -0.4 is 0 Å². The molecule has 0 amide bonds. The van der Waals surface area contributed by atoms with E-state index in [0.29, 0.717) is 0 Å². The number of aliphatic hydroxyl groups is 3. The summed E-state index contributed by atoms with van der Waals surface area (Å²) in [5.74, 6) is 0. The normalized spacial score (nSPS) is 5.40. The van der Waals surface area contributed by atoms with Gasteiger partial charge in [-0.15, -0.1) is 0 Å². The van der Waals surface area contributed by atoms with E-state index < -0.39 is 0 Å². The van der Waals surface area contributed by atoms with Crippen molar-refractivity contribution in [2.24, 2.45) is 0 Å². The van der Waals surface area contributed by atoms with Gasteiger partial charge in [0.05, 0.1) is 0 Å². The third-order valence-corrected chi connectivity index (χ3v) is 0. The van der Waals surface area contributed by atoms with Crippen LogP contribution in [-0.4, -0.2) is 62.4 Å². The van der Waals surface area contributed by atoms with Gasteiger partial charge >= 0.3 is 0 Å². The second kappa shape index (κ2) is 52.5. The standard InChI is InChI=1S/3C2H6O.Tl/c3*1-2-3;/h3*3H,2H2,1H3;. The Labute approximate surface area is 83.2 Å².